The van der Waals surface area contributed by atoms with Crippen molar-refractivity contribution in [1.82, 2.24) is 15.2 Å². The first-order valence-corrected chi connectivity index (χ1v) is 5.89. The maximum absolute atomic E-state index is 5.41. The van der Waals surface area contributed by atoms with Crippen LogP contribution in [-0.2, 0) is 11.3 Å². The van der Waals surface area contributed by atoms with E-state index in [0.717, 1.165) is 24.7 Å². The maximum Gasteiger partial charge on any atom is 0.153 e. The minimum Gasteiger partial charge on any atom is -0.373 e. The molecule has 84 valence electrons. The molecule has 0 amide bonds. The summed E-state index contributed by atoms with van der Waals surface area (Å²) in [5.41, 5.74) is 0. The Morgan fingerprint density at radius 2 is 2.20 bits per heavy atom. The lowest BCUT2D eigenvalue weighted by atomic mass is 10.1. The summed E-state index contributed by atoms with van der Waals surface area (Å²) in [5.74, 6) is 2.44. The van der Waals surface area contributed by atoms with E-state index in [1.54, 1.807) is 0 Å². The Morgan fingerprint density at radius 1 is 1.40 bits per heavy atom. The van der Waals surface area contributed by atoms with Crippen molar-refractivity contribution >= 4 is 0 Å². The van der Waals surface area contributed by atoms with E-state index in [4.69, 9.17) is 4.74 Å². The topological polar surface area (TPSA) is 50.8 Å². The fourth-order valence-corrected chi connectivity index (χ4v) is 2.05. The molecule has 1 fully saturated rings. The molecule has 1 aromatic heterocycles. The van der Waals surface area contributed by atoms with Gasteiger partial charge in [-0.3, -0.25) is 5.10 Å². The molecule has 1 heterocycles. The molecule has 1 saturated carbocycles. The molecule has 0 aromatic carbocycles. The number of hydrogen-bond acceptors (Lipinski definition) is 3. The number of ether oxygens (including phenoxy) is 1. The van der Waals surface area contributed by atoms with Crippen LogP contribution in [0, 0.1) is 0 Å². The largest absolute Gasteiger partial charge is 0.373 e. The van der Waals surface area contributed by atoms with Crippen LogP contribution in [-0.4, -0.2) is 21.8 Å². The lowest BCUT2D eigenvalue weighted by Gasteiger charge is -2.01. The van der Waals surface area contributed by atoms with Gasteiger partial charge in [0.1, 0.15) is 6.61 Å². The molecular formula is C11H19N3O. The van der Waals surface area contributed by atoms with Crippen molar-refractivity contribution in [2.45, 2.75) is 51.6 Å². The molecule has 4 nitrogen and oxygen atoms in total. The summed E-state index contributed by atoms with van der Waals surface area (Å²) in [7, 11) is 0. The molecule has 0 aliphatic heterocycles. The Labute approximate surface area is 90.4 Å². The third-order valence-corrected chi connectivity index (χ3v) is 2.86. The summed E-state index contributed by atoms with van der Waals surface area (Å²) in [6, 6.07) is 0. The van der Waals surface area contributed by atoms with Crippen molar-refractivity contribution in [3.05, 3.63) is 11.6 Å². The van der Waals surface area contributed by atoms with Crippen molar-refractivity contribution in [3.8, 4) is 0 Å². The molecular weight excluding hydrogens is 190 g/mol. The first-order valence-electron chi connectivity index (χ1n) is 5.89. The molecule has 0 radical (unpaired) electrons. The molecule has 1 aliphatic rings. The first-order chi connectivity index (χ1) is 7.40. The van der Waals surface area contributed by atoms with Crippen LogP contribution in [0.2, 0.25) is 0 Å². The molecule has 0 saturated heterocycles. The van der Waals surface area contributed by atoms with Crippen LogP contribution in [0.1, 0.15) is 56.6 Å². The SMILES string of the molecule is CCCOCc1nc(C2CCCC2)n[nH]1. The van der Waals surface area contributed by atoms with E-state index in [2.05, 4.69) is 22.1 Å². The van der Waals surface area contributed by atoms with Gasteiger partial charge in [-0.25, -0.2) is 4.98 Å². The van der Waals surface area contributed by atoms with Crippen molar-refractivity contribution in [3.63, 3.8) is 0 Å². The highest BCUT2D eigenvalue weighted by atomic mass is 16.5. The summed E-state index contributed by atoms with van der Waals surface area (Å²) in [5, 5.41) is 7.22. The predicted octanol–water partition coefficient (Wildman–Crippen LogP) is 2.39. The monoisotopic (exact) mass is 209 g/mol. The van der Waals surface area contributed by atoms with Gasteiger partial charge in [-0.2, -0.15) is 5.10 Å². The highest BCUT2D eigenvalue weighted by molar-refractivity contribution is 4.99. The van der Waals surface area contributed by atoms with Gasteiger partial charge < -0.3 is 4.74 Å². The standard InChI is InChI=1S/C11H19N3O/c1-2-7-15-8-10-12-11(14-13-10)9-5-3-4-6-9/h9H,2-8H2,1H3,(H,12,13,14). The summed E-state index contributed by atoms with van der Waals surface area (Å²) in [6.45, 7) is 3.46. The number of aromatic nitrogens is 3. The average Bonchev–Trinajstić information content (AvgIpc) is 2.87. The molecule has 1 aliphatic carbocycles. The van der Waals surface area contributed by atoms with Gasteiger partial charge in [-0.1, -0.05) is 19.8 Å². The lowest BCUT2D eigenvalue weighted by molar-refractivity contribution is 0.116. The highest BCUT2D eigenvalue weighted by Gasteiger charge is 2.20. The summed E-state index contributed by atoms with van der Waals surface area (Å²) in [6.07, 6.45) is 6.17. The van der Waals surface area contributed by atoms with Crippen LogP contribution in [0.4, 0.5) is 0 Å². The second kappa shape index (κ2) is 5.26. The Morgan fingerprint density at radius 3 is 2.93 bits per heavy atom. The Kier molecular flexibility index (Phi) is 3.72. The number of hydrogen-bond donors (Lipinski definition) is 1. The Bertz CT molecular complexity index is 292. The van der Waals surface area contributed by atoms with Crippen LogP contribution < -0.4 is 0 Å². The van der Waals surface area contributed by atoms with Gasteiger partial charge in [-0.15, -0.1) is 0 Å². The number of aromatic amines is 1. The van der Waals surface area contributed by atoms with Crippen molar-refractivity contribution in [2.75, 3.05) is 6.61 Å². The van der Waals surface area contributed by atoms with Gasteiger partial charge in [0, 0.05) is 12.5 Å². The predicted molar refractivity (Wildman–Crippen MR) is 57.5 cm³/mol. The second-order valence-electron chi connectivity index (χ2n) is 4.17. The first kappa shape index (κ1) is 10.6. The zero-order valence-corrected chi connectivity index (χ0v) is 9.33. The third-order valence-electron chi connectivity index (χ3n) is 2.86. The number of H-pyrrole nitrogens is 1. The summed E-state index contributed by atoms with van der Waals surface area (Å²) >= 11 is 0. The van der Waals surface area contributed by atoms with Crippen molar-refractivity contribution in [2.24, 2.45) is 0 Å². The summed E-state index contributed by atoms with van der Waals surface area (Å²) in [4.78, 5) is 4.47. The average molecular weight is 209 g/mol. The number of nitrogens with one attached hydrogen (secondary N) is 1. The summed E-state index contributed by atoms with van der Waals surface area (Å²) < 4.78 is 5.41. The zero-order valence-electron chi connectivity index (χ0n) is 9.33. The molecule has 1 aromatic rings. The molecule has 2 rings (SSSR count). The van der Waals surface area contributed by atoms with Crippen LogP contribution in [0.3, 0.4) is 0 Å². The van der Waals surface area contributed by atoms with Gasteiger partial charge in [-0.05, 0) is 19.3 Å². The highest BCUT2D eigenvalue weighted by Crippen LogP contribution is 2.31. The van der Waals surface area contributed by atoms with E-state index in [0.29, 0.717) is 12.5 Å². The molecule has 1 N–H and O–H groups in total. The molecule has 4 heteroatoms. The van der Waals surface area contributed by atoms with Gasteiger partial charge in [0.2, 0.25) is 0 Å². The molecule has 0 bridgehead atoms. The van der Waals surface area contributed by atoms with Gasteiger partial charge in [0.25, 0.3) is 0 Å². The fraction of sp³-hybridized carbons (Fsp3) is 0.818. The molecule has 15 heavy (non-hydrogen) atoms. The molecule has 0 spiro atoms. The van der Waals surface area contributed by atoms with E-state index in [1.807, 2.05) is 0 Å². The number of nitrogens with zero attached hydrogens (tertiary/aromatic N) is 2. The van der Waals surface area contributed by atoms with E-state index in [9.17, 15) is 0 Å². The smallest absolute Gasteiger partial charge is 0.153 e. The minimum atomic E-state index is 0.563. The maximum atomic E-state index is 5.41. The lowest BCUT2D eigenvalue weighted by Crippen LogP contribution is -1.97. The molecule has 0 atom stereocenters. The van der Waals surface area contributed by atoms with E-state index >= 15 is 0 Å². The van der Waals surface area contributed by atoms with E-state index < -0.39 is 0 Å². The second-order valence-corrected chi connectivity index (χ2v) is 4.17. The number of rotatable bonds is 5. The van der Waals surface area contributed by atoms with Crippen LogP contribution in [0.25, 0.3) is 0 Å². The van der Waals surface area contributed by atoms with Gasteiger partial charge in [0.05, 0.1) is 0 Å². The van der Waals surface area contributed by atoms with Gasteiger partial charge >= 0.3 is 0 Å². The fourth-order valence-electron chi connectivity index (χ4n) is 2.05. The van der Waals surface area contributed by atoms with E-state index in [-0.39, 0.29) is 0 Å². The quantitative estimate of drug-likeness (QED) is 0.757. The van der Waals surface area contributed by atoms with Crippen LogP contribution >= 0.6 is 0 Å². The normalized spacial score (nSPS) is 17.4. The Balaban J connectivity index is 1.86. The van der Waals surface area contributed by atoms with E-state index in [1.165, 1.54) is 25.7 Å². The Hall–Kier alpha value is -0.900. The third kappa shape index (κ3) is 2.78. The van der Waals surface area contributed by atoms with Gasteiger partial charge in [0.15, 0.2) is 11.6 Å². The molecule has 0 unspecified atom stereocenters. The van der Waals surface area contributed by atoms with Crippen LogP contribution in [0.15, 0.2) is 0 Å². The van der Waals surface area contributed by atoms with Crippen molar-refractivity contribution < 1.29 is 4.74 Å². The zero-order chi connectivity index (χ0) is 10.5. The van der Waals surface area contributed by atoms with Crippen molar-refractivity contribution in [1.29, 1.82) is 0 Å². The minimum absolute atomic E-state index is 0.563. The van der Waals surface area contributed by atoms with Crippen LogP contribution in [0.5, 0.6) is 0 Å².